The summed E-state index contributed by atoms with van der Waals surface area (Å²) >= 11 is 5.98. The summed E-state index contributed by atoms with van der Waals surface area (Å²) < 4.78 is 0. The van der Waals surface area contributed by atoms with Crippen LogP contribution in [0.25, 0.3) is 33.5 Å². The van der Waals surface area contributed by atoms with Crippen molar-refractivity contribution in [2.24, 2.45) is 0 Å². The number of nitrogens with zero attached hydrogens (tertiary/aromatic N) is 3. The summed E-state index contributed by atoms with van der Waals surface area (Å²) in [6, 6.07) is 11.2. The van der Waals surface area contributed by atoms with Crippen molar-refractivity contribution in [1.29, 1.82) is 0 Å². The van der Waals surface area contributed by atoms with Gasteiger partial charge in [0.05, 0.1) is 33.0 Å². The summed E-state index contributed by atoms with van der Waals surface area (Å²) in [6.07, 6.45) is 5.00. The van der Waals surface area contributed by atoms with Crippen molar-refractivity contribution in [3.63, 3.8) is 0 Å². The third-order valence-electron chi connectivity index (χ3n) is 3.89. The number of carbonyl (C=O) groups is 1. The first kappa shape index (κ1) is 16.2. The molecule has 0 aliphatic rings. The Kier molecular flexibility index (Phi) is 4.10. The Hall–Kier alpha value is -3.25. The van der Waals surface area contributed by atoms with Crippen LogP contribution in [-0.4, -0.2) is 25.8 Å². The fourth-order valence-corrected chi connectivity index (χ4v) is 2.96. The third-order valence-corrected chi connectivity index (χ3v) is 4.11. The van der Waals surface area contributed by atoms with Gasteiger partial charge in [-0.1, -0.05) is 11.6 Å². The Morgan fingerprint density at radius 1 is 1.12 bits per heavy atom. The van der Waals surface area contributed by atoms with E-state index in [0.29, 0.717) is 10.8 Å². The molecule has 0 spiro atoms. The highest BCUT2D eigenvalue weighted by atomic mass is 35.5. The molecule has 4 heterocycles. The number of rotatable bonds is 3. The highest BCUT2D eigenvalue weighted by molar-refractivity contribution is 6.30. The van der Waals surface area contributed by atoms with E-state index < -0.39 is 0 Å². The highest BCUT2D eigenvalue weighted by Crippen LogP contribution is 2.36. The Morgan fingerprint density at radius 2 is 2.00 bits per heavy atom. The smallest absolute Gasteiger partial charge is 0.222 e. The number of aromatic amines is 1. The molecule has 0 fully saturated rings. The van der Waals surface area contributed by atoms with Crippen molar-refractivity contribution < 1.29 is 4.79 Å². The normalized spacial score (nSPS) is 10.8. The fraction of sp³-hybridized carbons (Fsp3) is 0.0526. The number of nitrogens with one attached hydrogen (secondary N) is 2. The molecule has 4 rings (SSSR count). The van der Waals surface area contributed by atoms with Gasteiger partial charge in [-0.3, -0.25) is 14.8 Å². The summed E-state index contributed by atoms with van der Waals surface area (Å²) in [5.41, 5.74) is 5.06. The van der Waals surface area contributed by atoms with Crippen molar-refractivity contribution in [2.45, 2.75) is 6.92 Å². The number of hydrogen-bond donors (Lipinski definition) is 2. The second-order valence-corrected chi connectivity index (χ2v) is 6.18. The number of fused-ring (bicyclic) bond motifs is 1. The van der Waals surface area contributed by atoms with Gasteiger partial charge < -0.3 is 10.3 Å². The van der Waals surface area contributed by atoms with Gasteiger partial charge >= 0.3 is 0 Å². The Morgan fingerprint density at radius 3 is 2.77 bits per heavy atom. The number of aromatic nitrogens is 4. The van der Waals surface area contributed by atoms with E-state index >= 15 is 0 Å². The summed E-state index contributed by atoms with van der Waals surface area (Å²) in [4.78, 5) is 27.9. The quantitative estimate of drug-likeness (QED) is 0.568. The largest absolute Gasteiger partial charge is 0.353 e. The standard InChI is InChI=1S/C19H14ClN5O/c1-11(26)24-16-9-12(6-8-21-16)18-17(14-5-4-13(20)10-23-14)19-15(25-18)3-2-7-22-19/h2-10,25H,1H3,(H,21,24,26). The average Bonchev–Trinajstić information content (AvgIpc) is 3.02. The van der Waals surface area contributed by atoms with Gasteiger partial charge in [-0.25, -0.2) is 4.98 Å². The summed E-state index contributed by atoms with van der Waals surface area (Å²) in [5, 5.41) is 3.27. The molecule has 0 atom stereocenters. The molecule has 0 unspecified atom stereocenters. The molecule has 0 aliphatic carbocycles. The van der Waals surface area contributed by atoms with Crippen LogP contribution in [0.3, 0.4) is 0 Å². The van der Waals surface area contributed by atoms with Crippen molar-refractivity contribution in [3.8, 4) is 22.5 Å². The van der Waals surface area contributed by atoms with E-state index in [9.17, 15) is 4.79 Å². The number of pyridine rings is 3. The van der Waals surface area contributed by atoms with Crippen LogP contribution in [0.4, 0.5) is 5.82 Å². The monoisotopic (exact) mass is 363 g/mol. The lowest BCUT2D eigenvalue weighted by Crippen LogP contribution is -2.07. The Balaban J connectivity index is 1.94. The number of H-pyrrole nitrogens is 1. The molecule has 4 aromatic heterocycles. The lowest BCUT2D eigenvalue weighted by molar-refractivity contribution is -0.114. The van der Waals surface area contributed by atoms with Gasteiger partial charge in [0.1, 0.15) is 5.82 Å². The van der Waals surface area contributed by atoms with Crippen LogP contribution in [0.2, 0.25) is 5.02 Å². The minimum absolute atomic E-state index is 0.174. The Labute approximate surface area is 154 Å². The average molecular weight is 364 g/mol. The molecule has 2 N–H and O–H groups in total. The summed E-state index contributed by atoms with van der Waals surface area (Å²) in [6.45, 7) is 1.45. The highest BCUT2D eigenvalue weighted by Gasteiger charge is 2.17. The van der Waals surface area contributed by atoms with Crippen LogP contribution in [-0.2, 0) is 4.79 Å². The molecule has 0 saturated carbocycles. The molecule has 0 saturated heterocycles. The maximum absolute atomic E-state index is 11.3. The van der Waals surface area contributed by atoms with Crippen LogP contribution in [0.5, 0.6) is 0 Å². The van der Waals surface area contributed by atoms with Crippen molar-refractivity contribution in [2.75, 3.05) is 5.32 Å². The van der Waals surface area contributed by atoms with Gasteiger partial charge in [0, 0.05) is 31.1 Å². The van der Waals surface area contributed by atoms with Crippen LogP contribution in [0, 0.1) is 0 Å². The molecule has 0 radical (unpaired) electrons. The number of halogens is 1. The SMILES string of the molecule is CC(=O)Nc1cc(-c2[nH]c3cccnc3c2-c2ccc(Cl)cn2)ccn1. The van der Waals surface area contributed by atoms with Crippen LogP contribution in [0.15, 0.2) is 55.0 Å². The maximum Gasteiger partial charge on any atom is 0.222 e. The van der Waals surface area contributed by atoms with E-state index in [2.05, 4.69) is 25.3 Å². The van der Waals surface area contributed by atoms with E-state index in [1.54, 1.807) is 24.7 Å². The van der Waals surface area contributed by atoms with E-state index in [1.165, 1.54) is 6.92 Å². The van der Waals surface area contributed by atoms with Crippen molar-refractivity contribution in [1.82, 2.24) is 19.9 Å². The fourth-order valence-electron chi connectivity index (χ4n) is 2.85. The predicted octanol–water partition coefficient (Wildman–Crippen LogP) is 4.30. The van der Waals surface area contributed by atoms with Crippen molar-refractivity contribution >= 4 is 34.4 Å². The minimum Gasteiger partial charge on any atom is -0.353 e. The number of amides is 1. The van der Waals surface area contributed by atoms with Gasteiger partial charge in [-0.05, 0) is 36.4 Å². The number of carbonyl (C=O) groups excluding carboxylic acids is 1. The van der Waals surface area contributed by atoms with Gasteiger partial charge in [-0.15, -0.1) is 0 Å². The zero-order valence-electron chi connectivity index (χ0n) is 13.8. The van der Waals surface area contributed by atoms with Crippen LogP contribution in [0.1, 0.15) is 6.92 Å². The first-order valence-corrected chi connectivity index (χ1v) is 8.32. The molecule has 7 heteroatoms. The maximum atomic E-state index is 11.3. The zero-order valence-corrected chi connectivity index (χ0v) is 14.6. The van der Waals surface area contributed by atoms with E-state index in [4.69, 9.17) is 11.6 Å². The first-order chi connectivity index (χ1) is 12.6. The van der Waals surface area contributed by atoms with Crippen molar-refractivity contribution in [3.05, 3.63) is 60.0 Å². The molecule has 26 heavy (non-hydrogen) atoms. The molecule has 6 nitrogen and oxygen atoms in total. The molecule has 0 aromatic carbocycles. The van der Waals surface area contributed by atoms with E-state index in [0.717, 1.165) is 33.5 Å². The molecule has 0 aliphatic heterocycles. The molecular formula is C19H14ClN5O. The third kappa shape index (κ3) is 3.02. The molecule has 128 valence electrons. The molecule has 1 amide bonds. The van der Waals surface area contributed by atoms with Gasteiger partial charge in [-0.2, -0.15) is 0 Å². The van der Waals surface area contributed by atoms with Gasteiger partial charge in [0.2, 0.25) is 5.91 Å². The molecular weight excluding hydrogens is 350 g/mol. The number of anilines is 1. The van der Waals surface area contributed by atoms with E-state index in [-0.39, 0.29) is 5.91 Å². The molecule has 4 aromatic rings. The van der Waals surface area contributed by atoms with Crippen LogP contribution >= 0.6 is 11.6 Å². The lowest BCUT2D eigenvalue weighted by Gasteiger charge is -2.07. The molecule has 0 bridgehead atoms. The summed E-state index contributed by atoms with van der Waals surface area (Å²) in [5.74, 6) is 0.309. The van der Waals surface area contributed by atoms with Crippen LogP contribution < -0.4 is 5.32 Å². The predicted molar refractivity (Wildman–Crippen MR) is 102 cm³/mol. The topological polar surface area (TPSA) is 83.6 Å². The lowest BCUT2D eigenvalue weighted by atomic mass is 10.0. The number of hydrogen-bond acceptors (Lipinski definition) is 4. The minimum atomic E-state index is -0.174. The van der Waals surface area contributed by atoms with Gasteiger partial charge in [0.15, 0.2) is 0 Å². The van der Waals surface area contributed by atoms with E-state index in [1.807, 2.05) is 30.3 Å². The second-order valence-electron chi connectivity index (χ2n) is 5.75. The van der Waals surface area contributed by atoms with Gasteiger partial charge in [0.25, 0.3) is 0 Å². The Bertz CT molecular complexity index is 1100. The zero-order chi connectivity index (χ0) is 18.1. The first-order valence-electron chi connectivity index (χ1n) is 7.94. The second kappa shape index (κ2) is 6.57. The summed E-state index contributed by atoms with van der Waals surface area (Å²) in [7, 11) is 0.